The Morgan fingerprint density at radius 2 is 2.08 bits per heavy atom. The second-order valence-corrected chi connectivity index (χ2v) is 6.38. The number of carbonyl (C=O) groups is 1. The van der Waals surface area contributed by atoms with Gasteiger partial charge in [0.05, 0.1) is 16.4 Å². The van der Waals surface area contributed by atoms with Crippen LogP contribution >= 0.6 is 15.9 Å². The van der Waals surface area contributed by atoms with Crippen LogP contribution in [-0.2, 0) is 24.6 Å². The highest BCUT2D eigenvalue weighted by Gasteiger charge is 2.39. The summed E-state index contributed by atoms with van der Waals surface area (Å²) in [5, 5.41) is 7.59. The van der Waals surface area contributed by atoms with Crippen LogP contribution in [0.1, 0.15) is 29.9 Å². The number of amides is 1. The van der Waals surface area contributed by atoms with Crippen molar-refractivity contribution in [2.24, 2.45) is 7.05 Å². The lowest BCUT2D eigenvalue weighted by Gasteiger charge is -2.22. The van der Waals surface area contributed by atoms with E-state index in [0.717, 1.165) is 10.2 Å². The van der Waals surface area contributed by atoms with Crippen LogP contribution in [0, 0.1) is 6.92 Å². The fourth-order valence-corrected chi connectivity index (χ4v) is 2.87. The van der Waals surface area contributed by atoms with Crippen molar-refractivity contribution in [3.8, 4) is 0 Å². The zero-order chi connectivity index (χ0) is 18.2. The topological polar surface area (TPSA) is 56.0 Å². The van der Waals surface area contributed by atoms with Crippen LogP contribution in [-0.4, -0.2) is 37.4 Å². The molecule has 0 saturated heterocycles. The molecule has 0 radical (unpaired) electrons. The van der Waals surface area contributed by atoms with Gasteiger partial charge in [0, 0.05) is 32.4 Å². The third-order valence-electron chi connectivity index (χ3n) is 3.62. The molecule has 2 aromatic heterocycles. The third kappa shape index (κ3) is 3.63. The third-order valence-corrected chi connectivity index (χ3v) is 4.57. The number of alkyl halides is 3. The maximum atomic E-state index is 12.9. The molecule has 2 aromatic rings. The average Bonchev–Trinajstić information content (AvgIpc) is 3.01. The minimum absolute atomic E-state index is 0.149. The van der Waals surface area contributed by atoms with Gasteiger partial charge in [0.25, 0.3) is 0 Å². The van der Waals surface area contributed by atoms with Crippen molar-refractivity contribution in [2.45, 2.75) is 32.6 Å². The zero-order valence-electron chi connectivity index (χ0n) is 13.6. The van der Waals surface area contributed by atoms with Gasteiger partial charge >= 0.3 is 6.18 Å². The summed E-state index contributed by atoms with van der Waals surface area (Å²) in [7, 11) is 3.35. The Morgan fingerprint density at radius 1 is 1.46 bits per heavy atom. The first kappa shape index (κ1) is 18.5. The Balaban J connectivity index is 2.21. The average molecular weight is 408 g/mol. The molecule has 10 heteroatoms. The molecule has 132 valence electrons. The summed E-state index contributed by atoms with van der Waals surface area (Å²) in [6.45, 7) is 3.32. The van der Waals surface area contributed by atoms with Crippen LogP contribution in [0.2, 0.25) is 0 Å². The van der Waals surface area contributed by atoms with Gasteiger partial charge in [0.2, 0.25) is 5.91 Å². The summed E-state index contributed by atoms with van der Waals surface area (Å²) < 4.78 is 41.4. The van der Waals surface area contributed by atoms with Gasteiger partial charge in [-0.05, 0) is 29.8 Å². The van der Waals surface area contributed by atoms with Gasteiger partial charge in [-0.2, -0.15) is 23.4 Å². The lowest BCUT2D eigenvalue weighted by molar-refractivity contribution is -0.143. The molecule has 0 aliphatic carbocycles. The minimum atomic E-state index is -4.58. The second kappa shape index (κ2) is 6.58. The molecule has 0 bridgehead atoms. The molecular formula is C14H17BrF3N5O. The predicted molar refractivity (Wildman–Crippen MR) is 84.1 cm³/mol. The largest absolute Gasteiger partial charge is 0.436 e. The number of carbonyl (C=O) groups excluding carboxylic acids is 1. The summed E-state index contributed by atoms with van der Waals surface area (Å²) >= 11 is 2.91. The van der Waals surface area contributed by atoms with Crippen molar-refractivity contribution in [3.63, 3.8) is 0 Å². The molecule has 0 aliphatic rings. The number of halogens is 4. The van der Waals surface area contributed by atoms with Gasteiger partial charge in [0.1, 0.15) is 6.04 Å². The van der Waals surface area contributed by atoms with E-state index in [4.69, 9.17) is 0 Å². The van der Waals surface area contributed by atoms with Crippen molar-refractivity contribution in [2.75, 3.05) is 7.05 Å². The fraction of sp³-hybridized carbons (Fsp3) is 0.500. The monoisotopic (exact) mass is 407 g/mol. The van der Waals surface area contributed by atoms with E-state index in [-0.39, 0.29) is 16.1 Å². The first-order valence-electron chi connectivity index (χ1n) is 7.06. The summed E-state index contributed by atoms with van der Waals surface area (Å²) in [4.78, 5) is 14.0. The van der Waals surface area contributed by atoms with Crippen molar-refractivity contribution < 1.29 is 18.0 Å². The highest BCUT2D eigenvalue weighted by atomic mass is 79.9. The van der Waals surface area contributed by atoms with Gasteiger partial charge in [-0.3, -0.25) is 14.2 Å². The molecular weight excluding hydrogens is 391 g/mol. The Kier molecular flexibility index (Phi) is 5.07. The van der Waals surface area contributed by atoms with Crippen LogP contribution in [0.4, 0.5) is 13.2 Å². The lowest BCUT2D eigenvalue weighted by Crippen LogP contribution is -2.33. The molecule has 2 rings (SSSR count). The molecule has 1 atom stereocenters. The Bertz CT molecular complexity index is 752. The fourth-order valence-electron chi connectivity index (χ4n) is 2.39. The molecule has 0 unspecified atom stereocenters. The summed E-state index contributed by atoms with van der Waals surface area (Å²) in [6.07, 6.45) is -1.18. The Hall–Kier alpha value is -1.84. The number of nitrogens with zero attached hydrogens (tertiary/aromatic N) is 5. The summed E-state index contributed by atoms with van der Waals surface area (Å²) in [5.41, 5.74) is 0.0439. The normalized spacial score (nSPS) is 13.2. The van der Waals surface area contributed by atoms with E-state index >= 15 is 0 Å². The van der Waals surface area contributed by atoms with Crippen LogP contribution in [0.15, 0.2) is 16.9 Å². The number of likely N-dealkylation sites (N-methyl/N-ethyl adjacent to an activating group) is 1. The molecule has 0 N–H and O–H groups in total. The van der Waals surface area contributed by atoms with Crippen LogP contribution in [0.3, 0.4) is 0 Å². The molecule has 24 heavy (non-hydrogen) atoms. The summed E-state index contributed by atoms with van der Waals surface area (Å²) in [6, 6.07) is -0.862. The quantitative estimate of drug-likeness (QED) is 0.782. The van der Waals surface area contributed by atoms with Gasteiger partial charge in [-0.1, -0.05) is 0 Å². The molecule has 6 nitrogen and oxygen atoms in total. The van der Waals surface area contributed by atoms with Crippen LogP contribution in [0.5, 0.6) is 0 Å². The number of rotatable bonds is 4. The highest BCUT2D eigenvalue weighted by molar-refractivity contribution is 9.10. The first-order valence-corrected chi connectivity index (χ1v) is 7.86. The summed E-state index contributed by atoms with van der Waals surface area (Å²) in [5.74, 6) is -0.342. The van der Waals surface area contributed by atoms with Gasteiger partial charge in [-0.15, -0.1) is 0 Å². The SMILES string of the molecule is Cc1c(Br)c(C(F)(F)F)nn1[C@H](C)C(=O)N(C)Cc1cnn(C)c1. The Labute approximate surface area is 145 Å². The number of hydrogen-bond donors (Lipinski definition) is 0. The van der Waals surface area contributed by atoms with E-state index in [1.165, 1.54) is 18.7 Å². The van der Waals surface area contributed by atoms with E-state index < -0.39 is 17.9 Å². The minimum Gasteiger partial charge on any atom is -0.339 e. The van der Waals surface area contributed by atoms with E-state index in [0.29, 0.717) is 6.54 Å². The number of hydrogen-bond acceptors (Lipinski definition) is 3. The highest BCUT2D eigenvalue weighted by Crippen LogP contribution is 2.36. The second-order valence-electron chi connectivity index (χ2n) is 5.58. The maximum absolute atomic E-state index is 12.9. The van der Waals surface area contributed by atoms with E-state index in [2.05, 4.69) is 26.1 Å². The lowest BCUT2D eigenvalue weighted by atomic mass is 10.2. The molecule has 0 aromatic carbocycles. The number of aromatic nitrogens is 4. The van der Waals surface area contributed by atoms with Crippen LogP contribution in [0.25, 0.3) is 0 Å². The van der Waals surface area contributed by atoms with E-state index in [1.807, 2.05) is 0 Å². The molecule has 0 saturated carbocycles. The Morgan fingerprint density at radius 3 is 2.54 bits per heavy atom. The van der Waals surface area contributed by atoms with E-state index in [9.17, 15) is 18.0 Å². The molecule has 0 fully saturated rings. The van der Waals surface area contributed by atoms with Gasteiger partial charge in [-0.25, -0.2) is 0 Å². The molecule has 0 spiro atoms. The van der Waals surface area contributed by atoms with Crippen LogP contribution < -0.4 is 0 Å². The molecule has 0 aliphatic heterocycles. The standard InChI is InChI=1S/C14H17BrF3N5O/c1-8-11(15)12(14(16,17)18)20-23(8)9(2)13(24)21(3)6-10-5-19-22(4)7-10/h5,7,9H,6H2,1-4H3/t9-/m1/s1. The van der Waals surface area contributed by atoms with Crippen molar-refractivity contribution >= 4 is 21.8 Å². The molecule has 1 amide bonds. The maximum Gasteiger partial charge on any atom is 0.436 e. The van der Waals surface area contributed by atoms with Crippen molar-refractivity contribution in [1.29, 1.82) is 0 Å². The number of aryl methyl sites for hydroxylation is 1. The predicted octanol–water partition coefficient (Wildman–Crippen LogP) is 2.93. The smallest absolute Gasteiger partial charge is 0.339 e. The first-order chi connectivity index (χ1) is 11.0. The van der Waals surface area contributed by atoms with Crippen molar-refractivity contribution in [1.82, 2.24) is 24.5 Å². The molecule has 2 heterocycles. The van der Waals surface area contributed by atoms with Gasteiger partial charge < -0.3 is 4.90 Å². The van der Waals surface area contributed by atoms with Crippen molar-refractivity contribution in [3.05, 3.63) is 33.8 Å². The zero-order valence-corrected chi connectivity index (χ0v) is 15.2. The van der Waals surface area contributed by atoms with E-state index in [1.54, 1.807) is 31.2 Å². The van der Waals surface area contributed by atoms with Gasteiger partial charge in [0.15, 0.2) is 5.69 Å².